The van der Waals surface area contributed by atoms with Crippen LogP contribution in [0, 0.1) is 17.0 Å². The third-order valence-corrected chi connectivity index (χ3v) is 6.39. The molecule has 0 unspecified atom stereocenters. The number of carbonyl (C=O) groups is 1. The first-order valence-electron chi connectivity index (χ1n) is 10.4. The standard InChI is InChI=1S/C24H21F2IN4O2/c25-17-3-1-4-18(26)23(17)30-22-16(11-27)12-29-24(33)20(22)21(28)15-8-6-14(7-9-15)13-31-10-2-5-19(31)32/h1,3-4,6-9,12,28H,2,5,10-11,13H2,(H2,29,30,33). The summed E-state index contributed by atoms with van der Waals surface area (Å²) in [6.45, 7) is 1.23. The van der Waals surface area contributed by atoms with Crippen molar-refractivity contribution in [3.63, 3.8) is 0 Å². The molecule has 9 heteroatoms. The quantitative estimate of drug-likeness (QED) is 0.218. The largest absolute Gasteiger partial charge is 0.350 e. The molecule has 4 rings (SSSR count). The third kappa shape index (κ3) is 4.82. The van der Waals surface area contributed by atoms with E-state index in [1.807, 2.05) is 12.1 Å². The number of anilines is 2. The summed E-state index contributed by atoms with van der Waals surface area (Å²) in [6.07, 6.45) is 2.90. The van der Waals surface area contributed by atoms with Crippen molar-refractivity contribution < 1.29 is 13.6 Å². The van der Waals surface area contributed by atoms with Gasteiger partial charge in [-0.05, 0) is 24.1 Å². The molecule has 0 saturated carbocycles. The lowest BCUT2D eigenvalue weighted by Crippen LogP contribution is -2.24. The van der Waals surface area contributed by atoms with Gasteiger partial charge in [-0.2, -0.15) is 0 Å². The number of carbonyl (C=O) groups excluding carboxylic acids is 1. The molecule has 33 heavy (non-hydrogen) atoms. The summed E-state index contributed by atoms with van der Waals surface area (Å²) in [5, 5.41) is 11.4. The van der Waals surface area contributed by atoms with Gasteiger partial charge in [0.2, 0.25) is 5.91 Å². The van der Waals surface area contributed by atoms with Gasteiger partial charge in [0.1, 0.15) is 17.3 Å². The van der Waals surface area contributed by atoms with Gasteiger partial charge in [-0.15, -0.1) is 0 Å². The Morgan fingerprint density at radius 1 is 1.09 bits per heavy atom. The highest BCUT2D eigenvalue weighted by Gasteiger charge is 2.22. The van der Waals surface area contributed by atoms with Crippen molar-refractivity contribution >= 4 is 45.6 Å². The van der Waals surface area contributed by atoms with Gasteiger partial charge in [0.05, 0.1) is 17.0 Å². The number of likely N-dealkylation sites (tertiary alicyclic amines) is 1. The van der Waals surface area contributed by atoms with E-state index in [4.69, 9.17) is 5.41 Å². The fraction of sp³-hybridized carbons (Fsp3) is 0.208. The average molecular weight is 562 g/mol. The number of rotatable bonds is 7. The summed E-state index contributed by atoms with van der Waals surface area (Å²) in [5.74, 6) is -1.47. The third-order valence-electron chi connectivity index (χ3n) is 5.57. The van der Waals surface area contributed by atoms with Crippen molar-refractivity contribution in [2.75, 3.05) is 11.9 Å². The minimum absolute atomic E-state index is 0.00529. The van der Waals surface area contributed by atoms with E-state index in [-0.39, 0.29) is 28.6 Å². The van der Waals surface area contributed by atoms with E-state index in [0.717, 1.165) is 30.7 Å². The number of aromatic amines is 1. The minimum Gasteiger partial charge on any atom is -0.350 e. The van der Waals surface area contributed by atoms with Gasteiger partial charge in [0.25, 0.3) is 5.56 Å². The first kappa shape index (κ1) is 23.1. The normalized spacial score (nSPS) is 13.4. The fourth-order valence-corrected chi connectivity index (χ4v) is 4.41. The Morgan fingerprint density at radius 2 is 1.79 bits per heavy atom. The van der Waals surface area contributed by atoms with E-state index in [0.29, 0.717) is 28.5 Å². The summed E-state index contributed by atoms with van der Waals surface area (Å²) in [6, 6.07) is 10.6. The molecule has 2 aromatic carbocycles. The number of halogens is 3. The maximum atomic E-state index is 14.3. The summed E-state index contributed by atoms with van der Waals surface area (Å²) in [7, 11) is 0. The molecule has 3 N–H and O–H groups in total. The predicted molar refractivity (Wildman–Crippen MR) is 131 cm³/mol. The molecule has 170 valence electrons. The highest BCUT2D eigenvalue weighted by Crippen LogP contribution is 2.29. The van der Waals surface area contributed by atoms with Crippen molar-refractivity contribution in [2.45, 2.75) is 23.8 Å². The maximum absolute atomic E-state index is 14.3. The van der Waals surface area contributed by atoms with Gasteiger partial charge < -0.3 is 15.2 Å². The number of hydrogen-bond donors (Lipinski definition) is 3. The van der Waals surface area contributed by atoms with Gasteiger partial charge in [-0.25, -0.2) is 8.78 Å². The number of para-hydroxylation sites is 1. The lowest BCUT2D eigenvalue weighted by atomic mass is 9.99. The molecule has 0 spiro atoms. The van der Waals surface area contributed by atoms with E-state index in [1.165, 1.54) is 12.3 Å². The van der Waals surface area contributed by atoms with Crippen molar-refractivity contribution in [3.8, 4) is 0 Å². The van der Waals surface area contributed by atoms with Gasteiger partial charge in [-0.1, -0.05) is 52.9 Å². The second-order valence-electron chi connectivity index (χ2n) is 7.74. The Bertz CT molecular complexity index is 1250. The number of H-pyrrole nitrogens is 1. The summed E-state index contributed by atoms with van der Waals surface area (Å²) in [4.78, 5) is 29.0. The first-order chi connectivity index (χ1) is 15.9. The average Bonchev–Trinajstić information content (AvgIpc) is 3.21. The molecule has 0 aliphatic carbocycles. The zero-order valence-corrected chi connectivity index (χ0v) is 19.7. The Labute approximate surface area is 202 Å². The lowest BCUT2D eigenvalue weighted by molar-refractivity contribution is -0.128. The van der Waals surface area contributed by atoms with Crippen LogP contribution >= 0.6 is 22.6 Å². The van der Waals surface area contributed by atoms with E-state index in [1.54, 1.807) is 17.0 Å². The number of pyridine rings is 1. The SMILES string of the molecule is N=C(c1ccc(CN2CCCC2=O)cc1)c1c(Nc2c(F)cccc2F)c(CI)c[nH]c1=O. The topological polar surface area (TPSA) is 89.1 Å². The Morgan fingerprint density at radius 3 is 2.39 bits per heavy atom. The number of benzene rings is 2. The monoisotopic (exact) mass is 562 g/mol. The highest BCUT2D eigenvalue weighted by atomic mass is 127. The van der Waals surface area contributed by atoms with Crippen LogP contribution in [0.2, 0.25) is 0 Å². The summed E-state index contributed by atoms with van der Waals surface area (Å²) < 4.78 is 29.0. The molecule has 1 aromatic heterocycles. The summed E-state index contributed by atoms with van der Waals surface area (Å²) >= 11 is 2.08. The van der Waals surface area contributed by atoms with Gasteiger partial charge in [0.15, 0.2) is 0 Å². The molecule has 1 saturated heterocycles. The Balaban J connectivity index is 1.69. The number of nitrogens with zero attached hydrogens (tertiary/aromatic N) is 1. The number of hydrogen-bond acceptors (Lipinski definition) is 4. The second-order valence-corrected chi connectivity index (χ2v) is 8.50. The van der Waals surface area contributed by atoms with Gasteiger partial charge >= 0.3 is 0 Å². The number of aromatic nitrogens is 1. The smallest absolute Gasteiger partial charge is 0.259 e. The predicted octanol–water partition coefficient (Wildman–Crippen LogP) is 4.87. The van der Waals surface area contributed by atoms with Crippen molar-refractivity contribution in [2.24, 2.45) is 0 Å². The van der Waals surface area contributed by atoms with E-state index >= 15 is 0 Å². The van der Waals surface area contributed by atoms with Crippen LogP contribution in [0.4, 0.5) is 20.2 Å². The van der Waals surface area contributed by atoms with Gasteiger partial charge in [-0.3, -0.25) is 15.0 Å². The molecule has 2 heterocycles. The van der Waals surface area contributed by atoms with Crippen LogP contribution in [0.15, 0.2) is 53.5 Å². The van der Waals surface area contributed by atoms with Crippen LogP contribution < -0.4 is 10.9 Å². The molecule has 1 aliphatic rings. The van der Waals surface area contributed by atoms with E-state index in [9.17, 15) is 18.4 Å². The molecule has 0 bridgehead atoms. The molecule has 1 aliphatic heterocycles. The molecular weight excluding hydrogens is 541 g/mol. The maximum Gasteiger partial charge on any atom is 0.259 e. The Kier molecular flexibility index (Phi) is 6.87. The highest BCUT2D eigenvalue weighted by molar-refractivity contribution is 14.1. The van der Waals surface area contributed by atoms with Crippen LogP contribution in [0.3, 0.4) is 0 Å². The molecule has 6 nitrogen and oxygen atoms in total. The van der Waals surface area contributed by atoms with Crippen LogP contribution in [0.1, 0.15) is 35.1 Å². The van der Waals surface area contributed by atoms with Crippen LogP contribution in [-0.2, 0) is 15.8 Å². The molecule has 3 aromatic rings. The molecule has 0 atom stereocenters. The van der Waals surface area contributed by atoms with Crippen LogP contribution in [-0.4, -0.2) is 28.0 Å². The second kappa shape index (κ2) is 9.82. The van der Waals surface area contributed by atoms with Crippen molar-refractivity contribution in [3.05, 3.63) is 92.9 Å². The molecular formula is C24H21F2IN4O2. The Hall–Kier alpha value is -3.08. The van der Waals surface area contributed by atoms with Crippen LogP contribution in [0.25, 0.3) is 0 Å². The zero-order chi connectivity index (χ0) is 23.5. The lowest BCUT2D eigenvalue weighted by Gasteiger charge is -2.18. The van der Waals surface area contributed by atoms with E-state index < -0.39 is 17.2 Å². The van der Waals surface area contributed by atoms with E-state index in [2.05, 4.69) is 32.9 Å². The fourth-order valence-electron chi connectivity index (χ4n) is 3.81. The minimum atomic E-state index is -0.798. The van der Waals surface area contributed by atoms with Crippen molar-refractivity contribution in [1.82, 2.24) is 9.88 Å². The number of alkyl halides is 1. The van der Waals surface area contributed by atoms with Crippen molar-refractivity contribution in [1.29, 1.82) is 5.41 Å². The summed E-state index contributed by atoms with van der Waals surface area (Å²) in [5.41, 5.74) is 1.17. The molecule has 1 fully saturated rings. The first-order valence-corrected chi connectivity index (χ1v) is 11.9. The van der Waals surface area contributed by atoms with Gasteiger partial charge in [0, 0.05) is 41.3 Å². The molecule has 1 amide bonds. The number of amides is 1. The van der Waals surface area contributed by atoms with Crippen LogP contribution in [0.5, 0.6) is 0 Å². The molecule has 0 radical (unpaired) electrons. The zero-order valence-electron chi connectivity index (χ0n) is 17.6. The number of nitrogens with one attached hydrogen (secondary N) is 3.